The van der Waals surface area contributed by atoms with Crippen LogP contribution in [0.5, 0.6) is 5.75 Å². The highest BCUT2D eigenvalue weighted by Crippen LogP contribution is 2.24. The van der Waals surface area contributed by atoms with Crippen molar-refractivity contribution in [3.8, 4) is 5.75 Å². The van der Waals surface area contributed by atoms with E-state index in [0.717, 1.165) is 5.76 Å². The first-order chi connectivity index (χ1) is 12.7. The molecule has 0 saturated carbocycles. The summed E-state index contributed by atoms with van der Waals surface area (Å²) >= 11 is 5.95. The molecule has 0 atom stereocenters. The summed E-state index contributed by atoms with van der Waals surface area (Å²) in [4.78, 5) is 8.32. The van der Waals surface area contributed by atoms with E-state index in [4.69, 9.17) is 16.0 Å². The standard InChI is InChI=1S/C18H23ClF2N4O2.HI/c1-18(2,3)14-9-23-15(27-14)10-25-17(22-4)24-8-11-7-12(19)5-6-13(11)26-16(20)21;/h5-7,9,16H,8,10H2,1-4H3,(H2,22,24,25);1H. The Balaban J connectivity index is 0.00000392. The van der Waals surface area contributed by atoms with Gasteiger partial charge in [-0.25, -0.2) is 4.98 Å². The van der Waals surface area contributed by atoms with Crippen molar-refractivity contribution >= 4 is 41.5 Å². The number of benzene rings is 1. The summed E-state index contributed by atoms with van der Waals surface area (Å²) in [5.41, 5.74) is 0.357. The maximum atomic E-state index is 12.5. The number of nitrogens with one attached hydrogen (secondary N) is 2. The van der Waals surface area contributed by atoms with E-state index < -0.39 is 6.61 Å². The molecule has 2 aromatic rings. The van der Waals surface area contributed by atoms with Crippen LogP contribution in [0.1, 0.15) is 38.0 Å². The highest BCUT2D eigenvalue weighted by molar-refractivity contribution is 14.0. The summed E-state index contributed by atoms with van der Waals surface area (Å²) in [6.07, 6.45) is 1.70. The monoisotopic (exact) mass is 528 g/mol. The number of oxazole rings is 1. The molecule has 0 radical (unpaired) electrons. The van der Waals surface area contributed by atoms with Crippen LogP contribution in [0.3, 0.4) is 0 Å². The van der Waals surface area contributed by atoms with Crippen molar-refractivity contribution < 1.29 is 17.9 Å². The van der Waals surface area contributed by atoms with Gasteiger partial charge in [0.15, 0.2) is 5.96 Å². The molecule has 10 heteroatoms. The maximum absolute atomic E-state index is 12.5. The minimum Gasteiger partial charge on any atom is -0.443 e. The predicted octanol–water partition coefficient (Wildman–Crippen LogP) is 4.71. The van der Waals surface area contributed by atoms with E-state index in [-0.39, 0.29) is 41.7 Å². The molecule has 0 fully saturated rings. The number of aromatic nitrogens is 1. The fraction of sp³-hybridized carbons (Fsp3) is 0.444. The van der Waals surface area contributed by atoms with Crippen LogP contribution >= 0.6 is 35.6 Å². The number of alkyl halides is 2. The molecule has 0 saturated heterocycles. The van der Waals surface area contributed by atoms with Gasteiger partial charge in [-0.3, -0.25) is 4.99 Å². The smallest absolute Gasteiger partial charge is 0.387 e. The molecule has 0 aliphatic rings. The lowest BCUT2D eigenvalue weighted by Gasteiger charge is -2.15. The minimum absolute atomic E-state index is 0. The average molecular weight is 529 g/mol. The zero-order chi connectivity index (χ0) is 20.0. The van der Waals surface area contributed by atoms with Gasteiger partial charge in [0.2, 0.25) is 5.89 Å². The number of aliphatic imine (C=N–C) groups is 1. The Bertz CT molecular complexity index is 794. The normalized spacial score (nSPS) is 11.9. The SMILES string of the molecule is CN=C(NCc1ncc(C(C)(C)C)o1)NCc1cc(Cl)ccc1OC(F)F.I. The van der Waals surface area contributed by atoms with E-state index in [9.17, 15) is 8.78 Å². The quantitative estimate of drug-likeness (QED) is 0.323. The van der Waals surface area contributed by atoms with Crippen molar-refractivity contribution in [2.24, 2.45) is 4.99 Å². The second-order valence-corrected chi connectivity index (χ2v) is 7.21. The summed E-state index contributed by atoms with van der Waals surface area (Å²) in [7, 11) is 1.60. The lowest BCUT2D eigenvalue weighted by atomic mass is 9.94. The van der Waals surface area contributed by atoms with Crippen LogP contribution in [0.2, 0.25) is 5.02 Å². The Morgan fingerprint density at radius 3 is 2.54 bits per heavy atom. The fourth-order valence-electron chi connectivity index (χ4n) is 2.19. The number of nitrogens with zero attached hydrogens (tertiary/aromatic N) is 2. The van der Waals surface area contributed by atoms with Crippen LogP contribution in [0.4, 0.5) is 8.78 Å². The van der Waals surface area contributed by atoms with E-state index in [1.54, 1.807) is 19.3 Å². The van der Waals surface area contributed by atoms with Gasteiger partial charge in [0.1, 0.15) is 11.5 Å². The third-order valence-electron chi connectivity index (χ3n) is 3.61. The molecule has 0 bridgehead atoms. The van der Waals surface area contributed by atoms with Gasteiger partial charge in [0.25, 0.3) is 0 Å². The largest absolute Gasteiger partial charge is 0.443 e. The highest BCUT2D eigenvalue weighted by atomic mass is 127. The van der Waals surface area contributed by atoms with E-state index >= 15 is 0 Å². The van der Waals surface area contributed by atoms with Crippen molar-refractivity contribution in [2.75, 3.05) is 7.05 Å². The Kier molecular flexibility index (Phi) is 9.42. The topological polar surface area (TPSA) is 71.7 Å². The van der Waals surface area contributed by atoms with E-state index in [2.05, 4.69) is 25.3 Å². The van der Waals surface area contributed by atoms with Crippen LogP contribution in [0.25, 0.3) is 0 Å². The van der Waals surface area contributed by atoms with Gasteiger partial charge in [-0.1, -0.05) is 32.4 Å². The van der Waals surface area contributed by atoms with E-state index in [0.29, 0.717) is 29.0 Å². The Labute approximate surface area is 185 Å². The molecular weight excluding hydrogens is 505 g/mol. The molecule has 2 rings (SSSR count). The first-order valence-corrected chi connectivity index (χ1v) is 8.70. The molecule has 0 spiro atoms. The number of ether oxygens (including phenoxy) is 1. The molecular formula is C18H24ClF2IN4O2. The van der Waals surface area contributed by atoms with Gasteiger partial charge in [-0.05, 0) is 18.2 Å². The number of rotatable bonds is 6. The lowest BCUT2D eigenvalue weighted by Crippen LogP contribution is -2.36. The second-order valence-electron chi connectivity index (χ2n) is 6.78. The van der Waals surface area contributed by atoms with Gasteiger partial charge in [0, 0.05) is 29.6 Å². The molecule has 0 amide bonds. The summed E-state index contributed by atoms with van der Waals surface area (Å²) in [6.45, 7) is 3.72. The second kappa shape index (κ2) is 10.8. The third kappa shape index (κ3) is 7.42. The van der Waals surface area contributed by atoms with Crippen molar-refractivity contribution in [3.63, 3.8) is 0 Å². The Hall–Kier alpha value is -1.62. The maximum Gasteiger partial charge on any atom is 0.387 e. The van der Waals surface area contributed by atoms with Crippen molar-refractivity contribution in [3.05, 3.63) is 46.6 Å². The molecule has 1 aromatic heterocycles. The molecule has 6 nitrogen and oxygen atoms in total. The van der Waals surface area contributed by atoms with Gasteiger partial charge < -0.3 is 19.8 Å². The zero-order valence-corrected chi connectivity index (χ0v) is 19.1. The molecule has 0 aliphatic carbocycles. The minimum atomic E-state index is -2.91. The molecule has 0 aliphatic heterocycles. The number of hydrogen-bond acceptors (Lipinski definition) is 4. The first kappa shape index (κ1) is 24.4. The summed E-state index contributed by atoms with van der Waals surface area (Å²) in [5.74, 6) is 1.82. The predicted molar refractivity (Wildman–Crippen MR) is 116 cm³/mol. The van der Waals surface area contributed by atoms with E-state index in [1.165, 1.54) is 12.1 Å². The van der Waals surface area contributed by atoms with Crippen LogP contribution < -0.4 is 15.4 Å². The molecule has 2 N–H and O–H groups in total. The van der Waals surface area contributed by atoms with Crippen molar-refractivity contribution in [1.29, 1.82) is 0 Å². The number of halogens is 4. The van der Waals surface area contributed by atoms with Gasteiger partial charge in [0.05, 0.1) is 12.7 Å². The van der Waals surface area contributed by atoms with Crippen molar-refractivity contribution in [2.45, 2.75) is 45.9 Å². The summed E-state index contributed by atoms with van der Waals surface area (Å²) in [6, 6.07) is 4.46. The van der Waals surface area contributed by atoms with Gasteiger partial charge >= 0.3 is 6.61 Å². The van der Waals surface area contributed by atoms with Crippen LogP contribution in [0, 0.1) is 0 Å². The third-order valence-corrected chi connectivity index (χ3v) is 3.84. The Morgan fingerprint density at radius 2 is 1.96 bits per heavy atom. The number of guanidine groups is 1. The first-order valence-electron chi connectivity index (χ1n) is 8.32. The summed E-state index contributed by atoms with van der Waals surface area (Å²) < 4.78 is 35.3. The fourth-order valence-corrected chi connectivity index (χ4v) is 2.39. The lowest BCUT2D eigenvalue weighted by molar-refractivity contribution is -0.0504. The average Bonchev–Trinajstić information content (AvgIpc) is 3.06. The molecule has 1 aromatic carbocycles. The zero-order valence-electron chi connectivity index (χ0n) is 16.1. The molecule has 1 heterocycles. The van der Waals surface area contributed by atoms with Gasteiger partial charge in [-0.2, -0.15) is 8.78 Å². The van der Waals surface area contributed by atoms with Crippen LogP contribution in [-0.4, -0.2) is 24.6 Å². The molecule has 28 heavy (non-hydrogen) atoms. The molecule has 156 valence electrons. The Morgan fingerprint density at radius 1 is 1.29 bits per heavy atom. The van der Waals surface area contributed by atoms with Crippen LogP contribution in [-0.2, 0) is 18.5 Å². The highest BCUT2D eigenvalue weighted by Gasteiger charge is 2.19. The van der Waals surface area contributed by atoms with Crippen LogP contribution in [0.15, 0.2) is 33.8 Å². The van der Waals surface area contributed by atoms with Gasteiger partial charge in [-0.15, -0.1) is 24.0 Å². The molecule has 0 unspecified atom stereocenters. The summed E-state index contributed by atoms with van der Waals surface area (Å²) in [5, 5.41) is 6.50. The van der Waals surface area contributed by atoms with Crippen molar-refractivity contribution in [1.82, 2.24) is 15.6 Å². The van der Waals surface area contributed by atoms with E-state index in [1.807, 2.05) is 20.8 Å². The number of hydrogen-bond donors (Lipinski definition) is 2.